The van der Waals surface area contributed by atoms with Gasteiger partial charge in [0.25, 0.3) is 5.91 Å². The Hall–Kier alpha value is -2.80. The van der Waals surface area contributed by atoms with E-state index in [2.05, 4.69) is 26.3 Å². The van der Waals surface area contributed by atoms with Crippen molar-refractivity contribution < 1.29 is 14.3 Å². The smallest absolute Gasteiger partial charge is 0.255 e. The van der Waals surface area contributed by atoms with Crippen molar-refractivity contribution in [2.45, 2.75) is 20.4 Å². The largest absolute Gasteiger partial charge is 0.490 e. The van der Waals surface area contributed by atoms with Gasteiger partial charge >= 0.3 is 0 Å². The Kier molecular flexibility index (Phi) is 6.71. The number of ether oxygens (including phenoxy) is 2. The summed E-state index contributed by atoms with van der Waals surface area (Å²) in [5.41, 5.74) is 2.26. The van der Waals surface area contributed by atoms with Gasteiger partial charge in [-0.15, -0.1) is 0 Å². The highest BCUT2D eigenvalue weighted by molar-refractivity contribution is 9.10. The molecule has 3 rings (SSSR count). The van der Waals surface area contributed by atoms with Gasteiger partial charge < -0.3 is 14.8 Å². The Labute approximate surface area is 172 Å². The van der Waals surface area contributed by atoms with E-state index in [1.165, 1.54) is 0 Å². The van der Waals surface area contributed by atoms with Gasteiger partial charge in [0.15, 0.2) is 11.5 Å². The van der Waals surface area contributed by atoms with Gasteiger partial charge in [0.05, 0.1) is 31.6 Å². The standard InChI is InChI=1S/C21H22BrN3O3/c1-3-27-19-10-5-15(11-20(19)28-4-2)13-25-14-18(12-23-25)24-21(26)16-6-8-17(22)9-7-16/h5-12,14H,3-4,13H2,1-2H3,(H,24,26). The van der Waals surface area contributed by atoms with E-state index in [1.54, 1.807) is 29.2 Å². The van der Waals surface area contributed by atoms with Gasteiger partial charge in [0.1, 0.15) is 0 Å². The van der Waals surface area contributed by atoms with Crippen molar-refractivity contribution in [3.63, 3.8) is 0 Å². The van der Waals surface area contributed by atoms with Gasteiger partial charge in [-0.25, -0.2) is 0 Å². The van der Waals surface area contributed by atoms with Crippen LogP contribution in [-0.4, -0.2) is 28.9 Å². The molecule has 0 saturated carbocycles. The Morgan fingerprint density at radius 1 is 1.07 bits per heavy atom. The van der Waals surface area contributed by atoms with Gasteiger partial charge in [-0.3, -0.25) is 9.48 Å². The number of halogens is 1. The molecule has 0 spiro atoms. The zero-order valence-electron chi connectivity index (χ0n) is 15.8. The van der Waals surface area contributed by atoms with Crippen LogP contribution >= 0.6 is 15.9 Å². The third-order valence-electron chi connectivity index (χ3n) is 3.95. The van der Waals surface area contributed by atoms with E-state index >= 15 is 0 Å². The molecule has 6 nitrogen and oxygen atoms in total. The first kappa shape index (κ1) is 19.9. The van der Waals surface area contributed by atoms with Gasteiger partial charge in [-0.1, -0.05) is 22.0 Å². The first-order chi connectivity index (χ1) is 13.6. The number of nitrogens with one attached hydrogen (secondary N) is 1. The monoisotopic (exact) mass is 443 g/mol. The van der Waals surface area contributed by atoms with Crippen LogP contribution in [-0.2, 0) is 6.54 Å². The average Bonchev–Trinajstić information content (AvgIpc) is 3.11. The number of hydrogen-bond donors (Lipinski definition) is 1. The molecule has 0 aliphatic heterocycles. The number of benzene rings is 2. The van der Waals surface area contributed by atoms with E-state index in [1.807, 2.05) is 44.2 Å². The van der Waals surface area contributed by atoms with E-state index in [-0.39, 0.29) is 5.91 Å². The van der Waals surface area contributed by atoms with Gasteiger partial charge in [-0.2, -0.15) is 5.10 Å². The summed E-state index contributed by atoms with van der Waals surface area (Å²) in [6.07, 6.45) is 3.43. The first-order valence-corrected chi connectivity index (χ1v) is 9.86. The highest BCUT2D eigenvalue weighted by Crippen LogP contribution is 2.29. The minimum Gasteiger partial charge on any atom is -0.490 e. The average molecular weight is 444 g/mol. The number of rotatable bonds is 8. The summed E-state index contributed by atoms with van der Waals surface area (Å²) in [4.78, 5) is 12.3. The van der Waals surface area contributed by atoms with Crippen molar-refractivity contribution in [1.29, 1.82) is 0 Å². The fourth-order valence-corrected chi connectivity index (χ4v) is 2.96. The molecule has 28 heavy (non-hydrogen) atoms. The lowest BCUT2D eigenvalue weighted by Gasteiger charge is -2.12. The van der Waals surface area contributed by atoms with E-state index in [9.17, 15) is 4.79 Å². The summed E-state index contributed by atoms with van der Waals surface area (Å²) < 4.78 is 14.0. The highest BCUT2D eigenvalue weighted by atomic mass is 79.9. The van der Waals surface area contributed by atoms with E-state index in [0.717, 1.165) is 21.5 Å². The lowest BCUT2D eigenvalue weighted by molar-refractivity contribution is 0.102. The lowest BCUT2D eigenvalue weighted by Crippen LogP contribution is -2.11. The Morgan fingerprint density at radius 2 is 1.79 bits per heavy atom. The van der Waals surface area contributed by atoms with Crippen LogP contribution in [0.2, 0.25) is 0 Å². The number of amides is 1. The summed E-state index contributed by atoms with van der Waals surface area (Å²) in [6, 6.07) is 13.0. The number of aromatic nitrogens is 2. The number of carbonyl (C=O) groups excluding carboxylic acids is 1. The van der Waals surface area contributed by atoms with Crippen LogP contribution in [0.5, 0.6) is 11.5 Å². The second-order valence-electron chi connectivity index (χ2n) is 6.03. The third kappa shape index (κ3) is 5.13. The molecule has 146 valence electrons. The molecule has 2 aromatic carbocycles. The number of nitrogens with zero attached hydrogens (tertiary/aromatic N) is 2. The maximum atomic E-state index is 12.3. The quantitative estimate of drug-likeness (QED) is 0.545. The molecule has 0 unspecified atom stereocenters. The highest BCUT2D eigenvalue weighted by Gasteiger charge is 2.09. The normalized spacial score (nSPS) is 10.5. The van der Waals surface area contributed by atoms with E-state index in [0.29, 0.717) is 31.0 Å². The van der Waals surface area contributed by atoms with Crippen LogP contribution in [0.1, 0.15) is 29.8 Å². The number of carbonyl (C=O) groups is 1. The Bertz CT molecular complexity index is 938. The first-order valence-electron chi connectivity index (χ1n) is 9.07. The Morgan fingerprint density at radius 3 is 2.50 bits per heavy atom. The molecule has 1 N–H and O–H groups in total. The van der Waals surface area contributed by atoms with Crippen molar-refractivity contribution in [2.24, 2.45) is 0 Å². The minimum absolute atomic E-state index is 0.174. The molecule has 7 heteroatoms. The summed E-state index contributed by atoms with van der Waals surface area (Å²) in [6.45, 7) is 5.59. The maximum Gasteiger partial charge on any atom is 0.255 e. The molecule has 3 aromatic rings. The number of hydrogen-bond acceptors (Lipinski definition) is 4. The predicted molar refractivity (Wildman–Crippen MR) is 112 cm³/mol. The molecule has 1 heterocycles. The molecule has 0 saturated heterocycles. The van der Waals surface area contributed by atoms with Crippen molar-refractivity contribution in [3.05, 3.63) is 70.5 Å². The topological polar surface area (TPSA) is 65.4 Å². The van der Waals surface area contributed by atoms with Gasteiger partial charge in [0.2, 0.25) is 0 Å². The predicted octanol–water partition coefficient (Wildman–Crippen LogP) is 4.74. The summed E-state index contributed by atoms with van der Waals surface area (Å²) in [5, 5.41) is 7.19. The molecule has 0 radical (unpaired) electrons. The molecule has 0 atom stereocenters. The summed E-state index contributed by atoms with van der Waals surface area (Å²) >= 11 is 3.36. The lowest BCUT2D eigenvalue weighted by atomic mass is 10.2. The van der Waals surface area contributed by atoms with Crippen LogP contribution in [0.3, 0.4) is 0 Å². The fraction of sp³-hybridized carbons (Fsp3) is 0.238. The van der Waals surface area contributed by atoms with Gasteiger partial charge in [-0.05, 0) is 55.8 Å². The van der Waals surface area contributed by atoms with Crippen LogP contribution in [0, 0.1) is 0 Å². The van der Waals surface area contributed by atoms with Crippen LogP contribution in [0.25, 0.3) is 0 Å². The number of anilines is 1. The summed E-state index contributed by atoms with van der Waals surface area (Å²) in [5.74, 6) is 1.28. The zero-order valence-corrected chi connectivity index (χ0v) is 17.4. The SMILES string of the molecule is CCOc1ccc(Cn2cc(NC(=O)c3ccc(Br)cc3)cn2)cc1OCC. The van der Waals surface area contributed by atoms with Crippen LogP contribution in [0.4, 0.5) is 5.69 Å². The fourth-order valence-electron chi connectivity index (χ4n) is 2.70. The second kappa shape index (κ2) is 9.41. The van der Waals surface area contributed by atoms with Crippen molar-refractivity contribution in [2.75, 3.05) is 18.5 Å². The minimum atomic E-state index is -0.174. The van der Waals surface area contributed by atoms with E-state index in [4.69, 9.17) is 9.47 Å². The Balaban J connectivity index is 1.68. The molecule has 1 amide bonds. The molecule has 1 aromatic heterocycles. The zero-order chi connectivity index (χ0) is 19.9. The van der Waals surface area contributed by atoms with Crippen molar-refractivity contribution >= 4 is 27.5 Å². The molecule has 0 bridgehead atoms. The van der Waals surface area contributed by atoms with Crippen LogP contribution in [0.15, 0.2) is 59.3 Å². The molecule has 0 aliphatic carbocycles. The molecular weight excluding hydrogens is 422 g/mol. The third-order valence-corrected chi connectivity index (χ3v) is 4.48. The molecular formula is C21H22BrN3O3. The van der Waals surface area contributed by atoms with E-state index < -0.39 is 0 Å². The summed E-state index contributed by atoms with van der Waals surface area (Å²) in [7, 11) is 0. The molecule has 0 fully saturated rings. The molecule has 0 aliphatic rings. The van der Waals surface area contributed by atoms with Crippen molar-refractivity contribution in [1.82, 2.24) is 9.78 Å². The van der Waals surface area contributed by atoms with Crippen molar-refractivity contribution in [3.8, 4) is 11.5 Å². The van der Waals surface area contributed by atoms with Crippen LogP contribution < -0.4 is 14.8 Å². The van der Waals surface area contributed by atoms with Gasteiger partial charge in [0, 0.05) is 16.2 Å². The second-order valence-corrected chi connectivity index (χ2v) is 6.95. The maximum absolute atomic E-state index is 12.3.